The van der Waals surface area contributed by atoms with Gasteiger partial charge in [-0.05, 0) is 60.7 Å². The lowest BCUT2D eigenvalue weighted by Crippen LogP contribution is -2.31. The van der Waals surface area contributed by atoms with E-state index >= 15 is 0 Å². The first kappa shape index (κ1) is 24.7. The van der Waals surface area contributed by atoms with E-state index in [0.29, 0.717) is 18.0 Å². The van der Waals surface area contributed by atoms with Gasteiger partial charge in [0.05, 0.1) is 11.0 Å². The lowest BCUT2D eigenvalue weighted by molar-refractivity contribution is -0.118. The number of hydrogen-bond donors (Lipinski definition) is 2. The number of sulfonamides is 1. The molecular weight excluding hydrogens is 496 g/mol. The van der Waals surface area contributed by atoms with Crippen molar-refractivity contribution in [3.8, 4) is 5.75 Å². The zero-order valence-electron chi connectivity index (χ0n) is 18.5. The van der Waals surface area contributed by atoms with Gasteiger partial charge < -0.3 is 14.8 Å². The molecule has 0 bridgehead atoms. The average Bonchev–Trinajstić information content (AvgIpc) is 3.25. The lowest BCUT2D eigenvalue weighted by Gasteiger charge is -2.23. The first-order valence-corrected chi connectivity index (χ1v) is 12.8. The second-order valence-electron chi connectivity index (χ2n) is 8.74. The van der Waals surface area contributed by atoms with Gasteiger partial charge >= 0.3 is 0 Å². The summed E-state index contributed by atoms with van der Waals surface area (Å²) in [6.45, 7) is 7.00. The Kier molecular flexibility index (Phi) is 7.97. The summed E-state index contributed by atoms with van der Waals surface area (Å²) in [4.78, 5) is 12.5. The van der Waals surface area contributed by atoms with E-state index < -0.39 is 10.0 Å². The number of halogens is 1. The van der Waals surface area contributed by atoms with Crippen molar-refractivity contribution in [2.24, 2.45) is 0 Å². The molecule has 1 heterocycles. The highest BCUT2D eigenvalue weighted by Gasteiger charge is 2.21. The normalized spacial score (nSPS) is 16.7. The number of benzene rings is 2. The van der Waals surface area contributed by atoms with Crippen LogP contribution in [0, 0.1) is 0 Å². The van der Waals surface area contributed by atoms with Gasteiger partial charge in [-0.3, -0.25) is 4.79 Å². The summed E-state index contributed by atoms with van der Waals surface area (Å²) in [5, 5.41) is 2.73. The SMILES string of the molecule is CC(C)(C)c1cc(Br)ccc1OCC(=O)Nc1ccc(S(=O)(=O)NCC2CCCO2)cc1. The molecule has 1 atom stereocenters. The van der Waals surface area contributed by atoms with Gasteiger partial charge in [-0.1, -0.05) is 36.7 Å². The van der Waals surface area contributed by atoms with Crippen LogP contribution in [-0.4, -0.2) is 40.2 Å². The Labute approximate surface area is 198 Å². The maximum absolute atomic E-state index is 12.4. The molecule has 1 aliphatic rings. The van der Waals surface area contributed by atoms with E-state index in [1.807, 2.05) is 18.2 Å². The van der Waals surface area contributed by atoms with Crippen LogP contribution in [0.1, 0.15) is 39.2 Å². The first-order chi connectivity index (χ1) is 15.0. The molecule has 0 radical (unpaired) electrons. The van der Waals surface area contributed by atoms with Crippen LogP contribution < -0.4 is 14.8 Å². The van der Waals surface area contributed by atoms with Crippen LogP contribution in [0.25, 0.3) is 0 Å². The van der Waals surface area contributed by atoms with Gasteiger partial charge in [-0.2, -0.15) is 0 Å². The number of nitrogens with one attached hydrogen (secondary N) is 2. The van der Waals surface area contributed by atoms with Crippen LogP contribution in [0.5, 0.6) is 5.75 Å². The molecule has 1 unspecified atom stereocenters. The van der Waals surface area contributed by atoms with Crippen molar-refractivity contribution in [1.29, 1.82) is 0 Å². The minimum Gasteiger partial charge on any atom is -0.483 e. The topological polar surface area (TPSA) is 93.7 Å². The van der Waals surface area contributed by atoms with Crippen LogP contribution in [0.2, 0.25) is 0 Å². The summed E-state index contributed by atoms with van der Waals surface area (Å²) < 4.78 is 39.6. The smallest absolute Gasteiger partial charge is 0.262 e. The lowest BCUT2D eigenvalue weighted by atomic mass is 9.86. The number of rotatable bonds is 8. The fraction of sp³-hybridized carbons (Fsp3) is 0.435. The standard InChI is InChI=1S/C23H29BrN2O5S/c1-23(2,3)20-13-16(24)6-11-21(20)31-15-22(27)26-17-7-9-19(10-8-17)32(28,29)25-14-18-5-4-12-30-18/h6-11,13,18,25H,4-5,12,14-15H2,1-3H3,(H,26,27). The largest absolute Gasteiger partial charge is 0.483 e. The summed E-state index contributed by atoms with van der Waals surface area (Å²) in [5.41, 5.74) is 1.34. The predicted octanol–water partition coefficient (Wildman–Crippen LogP) is 4.22. The Hall–Kier alpha value is -1.94. The fourth-order valence-corrected chi connectivity index (χ4v) is 4.79. The van der Waals surface area contributed by atoms with E-state index in [1.165, 1.54) is 12.1 Å². The maximum atomic E-state index is 12.4. The van der Waals surface area contributed by atoms with E-state index in [9.17, 15) is 13.2 Å². The Morgan fingerprint density at radius 1 is 1.19 bits per heavy atom. The predicted molar refractivity (Wildman–Crippen MR) is 128 cm³/mol. The molecule has 0 aromatic heterocycles. The molecule has 2 N–H and O–H groups in total. The molecule has 1 fully saturated rings. The molecule has 2 aromatic carbocycles. The number of carbonyl (C=O) groups is 1. The average molecular weight is 525 g/mol. The first-order valence-electron chi connectivity index (χ1n) is 10.5. The second kappa shape index (κ2) is 10.3. The van der Waals surface area contributed by atoms with E-state index in [0.717, 1.165) is 22.9 Å². The molecule has 2 aromatic rings. The van der Waals surface area contributed by atoms with Crippen molar-refractivity contribution in [2.75, 3.05) is 25.1 Å². The van der Waals surface area contributed by atoms with Gasteiger partial charge in [-0.15, -0.1) is 0 Å². The van der Waals surface area contributed by atoms with E-state index in [2.05, 4.69) is 46.7 Å². The van der Waals surface area contributed by atoms with E-state index in [4.69, 9.17) is 9.47 Å². The maximum Gasteiger partial charge on any atom is 0.262 e. The van der Waals surface area contributed by atoms with Gasteiger partial charge in [0.25, 0.3) is 5.91 Å². The van der Waals surface area contributed by atoms with Crippen molar-refractivity contribution in [1.82, 2.24) is 4.72 Å². The molecule has 7 nitrogen and oxygen atoms in total. The Bertz CT molecular complexity index is 1040. The highest BCUT2D eigenvalue weighted by molar-refractivity contribution is 9.10. The second-order valence-corrected chi connectivity index (χ2v) is 11.4. The quantitative estimate of drug-likeness (QED) is 0.539. The molecule has 0 spiro atoms. The fourth-order valence-electron chi connectivity index (χ4n) is 3.36. The molecule has 0 aliphatic carbocycles. The van der Waals surface area contributed by atoms with Crippen molar-refractivity contribution >= 4 is 37.5 Å². The number of amides is 1. The molecule has 1 amide bonds. The molecule has 0 saturated carbocycles. The summed E-state index contributed by atoms with van der Waals surface area (Å²) in [5.74, 6) is 0.314. The Balaban J connectivity index is 1.56. The molecule has 3 rings (SSSR count). The van der Waals surface area contributed by atoms with Crippen molar-refractivity contribution in [2.45, 2.75) is 50.0 Å². The van der Waals surface area contributed by atoms with Gasteiger partial charge in [0.15, 0.2) is 6.61 Å². The summed E-state index contributed by atoms with van der Waals surface area (Å²) >= 11 is 3.47. The molecule has 174 valence electrons. The number of hydrogen-bond acceptors (Lipinski definition) is 5. The summed E-state index contributed by atoms with van der Waals surface area (Å²) in [6, 6.07) is 11.7. The minimum atomic E-state index is -3.63. The number of anilines is 1. The molecule has 32 heavy (non-hydrogen) atoms. The minimum absolute atomic E-state index is 0.0761. The van der Waals surface area contributed by atoms with Crippen LogP contribution in [0.4, 0.5) is 5.69 Å². The van der Waals surface area contributed by atoms with Crippen LogP contribution in [0.3, 0.4) is 0 Å². The van der Waals surface area contributed by atoms with Crippen LogP contribution in [0.15, 0.2) is 51.8 Å². The van der Waals surface area contributed by atoms with Crippen molar-refractivity contribution in [3.05, 3.63) is 52.5 Å². The van der Waals surface area contributed by atoms with E-state index in [-0.39, 0.29) is 35.5 Å². The highest BCUT2D eigenvalue weighted by atomic mass is 79.9. The van der Waals surface area contributed by atoms with Crippen molar-refractivity contribution < 1.29 is 22.7 Å². The summed E-state index contributed by atoms with van der Waals surface area (Å²) in [6.07, 6.45) is 1.73. The van der Waals surface area contributed by atoms with Gasteiger partial charge in [0.2, 0.25) is 10.0 Å². The van der Waals surface area contributed by atoms with Gasteiger partial charge in [-0.25, -0.2) is 13.1 Å². The number of ether oxygens (including phenoxy) is 2. The number of carbonyl (C=O) groups excluding carboxylic acids is 1. The summed E-state index contributed by atoms with van der Waals surface area (Å²) in [7, 11) is -3.63. The van der Waals surface area contributed by atoms with Crippen molar-refractivity contribution in [3.63, 3.8) is 0 Å². The zero-order valence-corrected chi connectivity index (χ0v) is 20.9. The molecule has 9 heteroatoms. The third-order valence-electron chi connectivity index (χ3n) is 5.08. The van der Waals surface area contributed by atoms with Gasteiger partial charge in [0.1, 0.15) is 5.75 Å². The zero-order chi connectivity index (χ0) is 23.4. The van der Waals surface area contributed by atoms with Crippen LogP contribution >= 0.6 is 15.9 Å². The Morgan fingerprint density at radius 3 is 2.53 bits per heavy atom. The van der Waals surface area contributed by atoms with E-state index in [1.54, 1.807) is 12.1 Å². The van der Waals surface area contributed by atoms with Crippen LogP contribution in [-0.2, 0) is 25.0 Å². The Morgan fingerprint density at radius 2 is 1.91 bits per heavy atom. The monoisotopic (exact) mass is 524 g/mol. The van der Waals surface area contributed by atoms with Gasteiger partial charge in [0, 0.05) is 28.9 Å². The molecule has 1 saturated heterocycles. The molecular formula is C23H29BrN2O5S. The third kappa shape index (κ3) is 6.78. The third-order valence-corrected chi connectivity index (χ3v) is 7.01. The molecule has 1 aliphatic heterocycles. The highest BCUT2D eigenvalue weighted by Crippen LogP contribution is 2.33.